The fourth-order valence-electron chi connectivity index (χ4n) is 3.53. The molecule has 84 valence electrons. The Kier molecular flexibility index (Phi) is 1.77. The van der Waals surface area contributed by atoms with Crippen molar-refractivity contribution < 1.29 is 9.90 Å². The van der Waals surface area contributed by atoms with Gasteiger partial charge in [0.15, 0.2) is 0 Å². The van der Waals surface area contributed by atoms with Crippen LogP contribution in [0.3, 0.4) is 0 Å². The summed E-state index contributed by atoms with van der Waals surface area (Å²) in [4.78, 5) is 11.4. The van der Waals surface area contributed by atoms with E-state index in [1.54, 1.807) is 0 Å². The highest BCUT2D eigenvalue weighted by atomic mass is 16.4. The number of carbonyl (C=O) groups excluding carboxylic acids is 1. The highest BCUT2D eigenvalue weighted by Crippen LogP contribution is 2.70. The molecular weight excluding hydrogens is 192 g/mol. The van der Waals surface area contributed by atoms with Gasteiger partial charge in [-0.05, 0) is 24.7 Å². The number of fused-ring (bicyclic) bond motifs is 2. The Hall–Kier alpha value is -1.06. The van der Waals surface area contributed by atoms with Gasteiger partial charge >= 0.3 is 0 Å². The summed E-state index contributed by atoms with van der Waals surface area (Å²) >= 11 is 0. The molecule has 4 heteroatoms. The minimum Gasteiger partial charge on any atom is -0.550 e. The van der Waals surface area contributed by atoms with Gasteiger partial charge in [-0.1, -0.05) is 20.8 Å². The van der Waals surface area contributed by atoms with E-state index in [9.17, 15) is 9.90 Å². The van der Waals surface area contributed by atoms with Gasteiger partial charge in [-0.15, -0.1) is 0 Å². The van der Waals surface area contributed by atoms with Gasteiger partial charge in [0.05, 0.1) is 0 Å². The maximum atomic E-state index is 11.4. The number of carbonyl (C=O) groups is 1. The highest BCUT2D eigenvalue weighted by Gasteiger charge is 2.69. The molecule has 2 atom stereocenters. The molecule has 0 aromatic carbocycles. The first kappa shape index (κ1) is 10.5. The van der Waals surface area contributed by atoms with Crippen LogP contribution >= 0.6 is 0 Å². The van der Waals surface area contributed by atoms with Crippen LogP contribution < -0.4 is 10.9 Å². The average Bonchev–Trinajstić information content (AvgIpc) is 2.46. The largest absolute Gasteiger partial charge is 0.550 e. The Morgan fingerprint density at radius 1 is 1.40 bits per heavy atom. The minimum atomic E-state index is -0.949. The van der Waals surface area contributed by atoms with Crippen LogP contribution in [0, 0.1) is 16.2 Å². The van der Waals surface area contributed by atoms with E-state index in [4.69, 9.17) is 5.84 Å². The van der Waals surface area contributed by atoms with Crippen molar-refractivity contribution in [2.75, 3.05) is 0 Å². The van der Waals surface area contributed by atoms with E-state index in [-0.39, 0.29) is 10.8 Å². The maximum Gasteiger partial charge on any atom is 0.0485 e. The zero-order valence-electron chi connectivity index (χ0n) is 9.46. The van der Waals surface area contributed by atoms with Crippen LogP contribution in [0.15, 0.2) is 5.10 Å². The van der Waals surface area contributed by atoms with E-state index < -0.39 is 11.4 Å². The lowest BCUT2D eigenvalue weighted by Crippen LogP contribution is -2.47. The molecule has 2 unspecified atom stereocenters. The topological polar surface area (TPSA) is 78.5 Å². The Labute approximate surface area is 89.5 Å². The third-order valence-corrected chi connectivity index (χ3v) is 5.28. The second kappa shape index (κ2) is 2.54. The van der Waals surface area contributed by atoms with Crippen molar-refractivity contribution in [1.29, 1.82) is 0 Å². The lowest BCUT2D eigenvalue weighted by Gasteiger charge is -2.41. The molecule has 2 aliphatic rings. The van der Waals surface area contributed by atoms with Gasteiger partial charge in [-0.2, -0.15) is 5.10 Å². The van der Waals surface area contributed by atoms with Crippen molar-refractivity contribution in [3.8, 4) is 0 Å². The Bertz CT molecular complexity index is 362. The first-order valence-electron chi connectivity index (χ1n) is 5.30. The smallest absolute Gasteiger partial charge is 0.0485 e. The Balaban J connectivity index is 2.61. The van der Waals surface area contributed by atoms with E-state index in [0.29, 0.717) is 12.8 Å². The van der Waals surface area contributed by atoms with Gasteiger partial charge < -0.3 is 15.7 Å². The summed E-state index contributed by atoms with van der Waals surface area (Å²) in [5.41, 5.74) is -0.429. The number of nitrogens with zero attached hydrogens (tertiary/aromatic N) is 1. The molecule has 0 amide bonds. The molecule has 2 rings (SSSR count). The molecule has 2 aliphatic carbocycles. The van der Waals surface area contributed by atoms with Crippen molar-refractivity contribution in [2.45, 2.75) is 40.0 Å². The second-order valence-electron chi connectivity index (χ2n) is 5.58. The number of nitrogens with two attached hydrogens (primary N) is 1. The van der Waals surface area contributed by atoms with Gasteiger partial charge in [0.2, 0.25) is 0 Å². The fourth-order valence-corrected chi connectivity index (χ4v) is 3.53. The summed E-state index contributed by atoms with van der Waals surface area (Å²) in [7, 11) is 0. The van der Waals surface area contributed by atoms with Crippen molar-refractivity contribution in [3.63, 3.8) is 0 Å². The number of hydrazone groups is 1. The predicted octanol–water partition coefficient (Wildman–Crippen LogP) is 0.267. The molecule has 4 nitrogen and oxygen atoms in total. The summed E-state index contributed by atoms with van der Waals surface area (Å²) in [6.07, 6.45) is 1.97. The summed E-state index contributed by atoms with van der Waals surface area (Å²) < 4.78 is 0. The third kappa shape index (κ3) is 0.840. The SMILES string of the molecule is CC12CCC(C(=O)[O-])(C/C1=N\N)C2(C)C. The normalized spacial score (nSPS) is 44.9. The van der Waals surface area contributed by atoms with Gasteiger partial charge in [-0.25, -0.2) is 0 Å². The quantitative estimate of drug-likeness (QED) is 0.497. The van der Waals surface area contributed by atoms with Crippen LogP contribution in [0.4, 0.5) is 0 Å². The summed E-state index contributed by atoms with van der Waals surface area (Å²) in [6, 6.07) is 0. The number of carboxylic acid groups (broad SMARTS) is 1. The van der Waals surface area contributed by atoms with Crippen molar-refractivity contribution >= 4 is 11.7 Å². The molecule has 0 aliphatic heterocycles. The van der Waals surface area contributed by atoms with E-state index in [2.05, 4.69) is 12.0 Å². The lowest BCUT2D eigenvalue weighted by molar-refractivity contribution is -0.323. The molecule has 0 aromatic rings. The molecule has 2 fully saturated rings. The second-order valence-corrected chi connectivity index (χ2v) is 5.58. The van der Waals surface area contributed by atoms with Crippen molar-refractivity contribution in [1.82, 2.24) is 0 Å². The monoisotopic (exact) mass is 209 g/mol. The zero-order valence-corrected chi connectivity index (χ0v) is 9.46. The number of aliphatic carboxylic acids is 1. The van der Waals surface area contributed by atoms with E-state index >= 15 is 0 Å². The number of hydrogen-bond acceptors (Lipinski definition) is 4. The first-order valence-corrected chi connectivity index (χ1v) is 5.30. The minimum absolute atomic E-state index is 0.179. The Morgan fingerprint density at radius 3 is 2.33 bits per heavy atom. The average molecular weight is 209 g/mol. The number of hydrogen-bond donors (Lipinski definition) is 1. The van der Waals surface area contributed by atoms with Crippen LogP contribution in [0.5, 0.6) is 0 Å². The van der Waals surface area contributed by atoms with E-state index in [1.807, 2.05) is 13.8 Å². The van der Waals surface area contributed by atoms with E-state index in [1.165, 1.54) is 0 Å². The molecule has 0 spiro atoms. The number of rotatable bonds is 1. The number of carboxylic acids is 1. The first-order chi connectivity index (χ1) is 6.82. The van der Waals surface area contributed by atoms with Crippen LogP contribution in [-0.4, -0.2) is 11.7 Å². The van der Waals surface area contributed by atoms with E-state index in [0.717, 1.165) is 12.1 Å². The standard InChI is InChI=1S/C11H18N2O2/c1-9(2)10(3)4-5-11(9,8(14)15)6-7(10)13-12/h4-6,12H2,1-3H3,(H,14,15)/p-1/b13-7+. The van der Waals surface area contributed by atoms with Crippen molar-refractivity contribution in [2.24, 2.45) is 27.2 Å². The van der Waals surface area contributed by atoms with Crippen LogP contribution in [0.1, 0.15) is 40.0 Å². The van der Waals surface area contributed by atoms with Gasteiger partial charge in [0.25, 0.3) is 0 Å². The zero-order chi connectivity index (χ0) is 11.5. The fraction of sp³-hybridized carbons (Fsp3) is 0.818. The molecule has 2 bridgehead atoms. The predicted molar refractivity (Wildman–Crippen MR) is 54.8 cm³/mol. The van der Waals surface area contributed by atoms with Crippen LogP contribution in [0.25, 0.3) is 0 Å². The maximum absolute atomic E-state index is 11.4. The molecule has 0 aromatic heterocycles. The molecular formula is C11H17N2O2-. The Morgan fingerprint density at radius 2 is 2.00 bits per heavy atom. The molecule has 2 N–H and O–H groups in total. The van der Waals surface area contributed by atoms with Gasteiger partial charge in [0.1, 0.15) is 0 Å². The highest BCUT2D eigenvalue weighted by molar-refractivity contribution is 6.00. The lowest BCUT2D eigenvalue weighted by atomic mass is 9.65. The summed E-state index contributed by atoms with van der Waals surface area (Å²) in [5, 5.41) is 15.2. The molecule has 0 radical (unpaired) electrons. The molecule has 2 saturated carbocycles. The third-order valence-electron chi connectivity index (χ3n) is 5.28. The molecule has 0 saturated heterocycles. The van der Waals surface area contributed by atoms with Gasteiger partial charge in [0, 0.05) is 22.5 Å². The van der Waals surface area contributed by atoms with Crippen molar-refractivity contribution in [3.05, 3.63) is 0 Å². The van der Waals surface area contributed by atoms with Crippen LogP contribution in [0.2, 0.25) is 0 Å². The molecule has 0 heterocycles. The molecule has 15 heavy (non-hydrogen) atoms. The summed E-state index contributed by atoms with van der Waals surface area (Å²) in [5.74, 6) is 4.41. The van der Waals surface area contributed by atoms with Gasteiger partial charge in [-0.3, -0.25) is 0 Å². The summed E-state index contributed by atoms with van der Waals surface area (Å²) in [6.45, 7) is 6.05. The van der Waals surface area contributed by atoms with Crippen LogP contribution in [-0.2, 0) is 4.79 Å².